The van der Waals surface area contributed by atoms with Gasteiger partial charge in [-0.3, -0.25) is 14.9 Å². The molecule has 1 aromatic carbocycles. The minimum Gasteiger partial charge on any atom is -0.347 e. The number of aryl methyl sites for hydroxylation is 1. The smallest absolute Gasteiger partial charge is 0.322 e. The summed E-state index contributed by atoms with van der Waals surface area (Å²) in [6, 6.07) is 6.41. The first-order chi connectivity index (χ1) is 11.6. The highest BCUT2D eigenvalue weighted by molar-refractivity contribution is 5.98. The Labute approximate surface area is 138 Å². The van der Waals surface area contributed by atoms with E-state index < -0.39 is 12.1 Å². The lowest BCUT2D eigenvalue weighted by Gasteiger charge is -2.15. The molecule has 8 nitrogen and oxygen atoms in total. The molecule has 2 aromatic rings. The van der Waals surface area contributed by atoms with E-state index in [1.807, 2.05) is 35.8 Å². The standard InChI is InChI=1S/C16H19N5O3/c1-2-21-12-6-4-3-5-10(12)18-13(21)9-17-15(23)11-7-8-14(22)20-16(24)19-11/h3-6,11H,2,7-9H2,1H3,(H,17,23)(H2,19,20,22,24). The van der Waals surface area contributed by atoms with Gasteiger partial charge in [-0.2, -0.15) is 0 Å². The van der Waals surface area contributed by atoms with Crippen LogP contribution >= 0.6 is 0 Å². The number of imide groups is 1. The van der Waals surface area contributed by atoms with Gasteiger partial charge in [-0.1, -0.05) is 12.1 Å². The molecule has 0 spiro atoms. The summed E-state index contributed by atoms with van der Waals surface area (Å²) < 4.78 is 2.03. The largest absolute Gasteiger partial charge is 0.347 e. The second-order valence-electron chi connectivity index (χ2n) is 5.59. The number of hydrogen-bond acceptors (Lipinski definition) is 4. The molecule has 24 heavy (non-hydrogen) atoms. The third-order valence-corrected chi connectivity index (χ3v) is 4.01. The van der Waals surface area contributed by atoms with Crippen molar-refractivity contribution in [3.8, 4) is 0 Å². The van der Waals surface area contributed by atoms with Gasteiger partial charge in [0, 0.05) is 13.0 Å². The molecule has 1 fully saturated rings. The van der Waals surface area contributed by atoms with Gasteiger partial charge in [0.15, 0.2) is 0 Å². The summed E-state index contributed by atoms with van der Waals surface area (Å²) in [6.45, 7) is 3.02. The molecule has 1 aromatic heterocycles. The number of fused-ring (bicyclic) bond motifs is 1. The van der Waals surface area contributed by atoms with Crippen molar-refractivity contribution in [3.63, 3.8) is 0 Å². The van der Waals surface area contributed by atoms with Crippen molar-refractivity contribution in [1.29, 1.82) is 0 Å². The number of imidazole rings is 1. The van der Waals surface area contributed by atoms with Gasteiger partial charge in [-0.05, 0) is 25.5 Å². The fourth-order valence-electron chi connectivity index (χ4n) is 2.83. The highest BCUT2D eigenvalue weighted by atomic mass is 16.2. The summed E-state index contributed by atoms with van der Waals surface area (Å²) in [4.78, 5) is 39.6. The third kappa shape index (κ3) is 3.22. The van der Waals surface area contributed by atoms with E-state index in [2.05, 4.69) is 20.9 Å². The number of aromatic nitrogens is 2. The third-order valence-electron chi connectivity index (χ3n) is 4.01. The molecule has 3 N–H and O–H groups in total. The summed E-state index contributed by atoms with van der Waals surface area (Å²) in [6.07, 6.45) is 0.401. The second kappa shape index (κ2) is 6.69. The van der Waals surface area contributed by atoms with Gasteiger partial charge in [0.2, 0.25) is 11.8 Å². The van der Waals surface area contributed by atoms with Crippen LogP contribution in [-0.2, 0) is 22.7 Å². The average molecular weight is 329 g/mol. The van der Waals surface area contributed by atoms with Crippen LogP contribution in [-0.4, -0.2) is 33.4 Å². The Morgan fingerprint density at radius 1 is 1.38 bits per heavy atom. The minimum absolute atomic E-state index is 0.129. The summed E-state index contributed by atoms with van der Waals surface area (Å²) >= 11 is 0. The highest BCUT2D eigenvalue weighted by Gasteiger charge is 2.26. The van der Waals surface area contributed by atoms with Crippen molar-refractivity contribution >= 4 is 28.9 Å². The number of carbonyl (C=O) groups is 3. The molecule has 2 heterocycles. The van der Waals surface area contributed by atoms with E-state index >= 15 is 0 Å². The van der Waals surface area contributed by atoms with Gasteiger partial charge in [0.1, 0.15) is 11.9 Å². The predicted octanol–water partition coefficient (Wildman–Crippen LogP) is 0.661. The van der Waals surface area contributed by atoms with Gasteiger partial charge in [-0.15, -0.1) is 0 Å². The van der Waals surface area contributed by atoms with Crippen molar-refractivity contribution < 1.29 is 14.4 Å². The van der Waals surface area contributed by atoms with Crippen LogP contribution in [0.3, 0.4) is 0 Å². The zero-order valence-electron chi connectivity index (χ0n) is 13.3. The zero-order valence-corrected chi connectivity index (χ0v) is 13.3. The predicted molar refractivity (Wildman–Crippen MR) is 87.0 cm³/mol. The van der Waals surface area contributed by atoms with Crippen molar-refractivity contribution in [1.82, 2.24) is 25.5 Å². The van der Waals surface area contributed by atoms with Crippen molar-refractivity contribution in [2.24, 2.45) is 0 Å². The van der Waals surface area contributed by atoms with E-state index in [-0.39, 0.29) is 31.2 Å². The number of para-hydroxylation sites is 2. The summed E-state index contributed by atoms with van der Waals surface area (Å²) in [5, 5.41) is 7.43. The fraction of sp³-hybridized carbons (Fsp3) is 0.375. The maximum atomic E-state index is 12.3. The zero-order chi connectivity index (χ0) is 17.1. The number of carbonyl (C=O) groups excluding carboxylic acids is 3. The summed E-state index contributed by atoms with van der Waals surface area (Å²) in [5.41, 5.74) is 1.89. The Bertz CT molecular complexity index is 798. The van der Waals surface area contributed by atoms with E-state index in [1.165, 1.54) is 0 Å². The van der Waals surface area contributed by atoms with E-state index in [1.54, 1.807) is 0 Å². The molecule has 4 amide bonds. The van der Waals surface area contributed by atoms with Crippen LogP contribution in [0.1, 0.15) is 25.6 Å². The first kappa shape index (κ1) is 16.0. The SMILES string of the molecule is CCn1c(CNC(=O)C2CCC(=O)NC(=O)N2)nc2ccccc21. The number of benzene rings is 1. The molecule has 8 heteroatoms. The monoisotopic (exact) mass is 329 g/mol. The summed E-state index contributed by atoms with van der Waals surface area (Å²) in [7, 11) is 0. The Balaban J connectivity index is 1.70. The molecule has 1 aliphatic rings. The maximum absolute atomic E-state index is 12.3. The number of hydrogen-bond donors (Lipinski definition) is 3. The van der Waals surface area contributed by atoms with Crippen LogP contribution in [0.15, 0.2) is 24.3 Å². The molecule has 1 saturated heterocycles. The van der Waals surface area contributed by atoms with Crippen LogP contribution < -0.4 is 16.0 Å². The molecule has 1 unspecified atom stereocenters. The van der Waals surface area contributed by atoms with E-state index in [0.29, 0.717) is 0 Å². The minimum atomic E-state index is -0.726. The van der Waals surface area contributed by atoms with Gasteiger partial charge in [0.25, 0.3) is 0 Å². The maximum Gasteiger partial charge on any atom is 0.322 e. The first-order valence-electron chi connectivity index (χ1n) is 7.90. The number of urea groups is 1. The molecule has 1 aliphatic heterocycles. The molecule has 0 aliphatic carbocycles. The van der Waals surface area contributed by atoms with Crippen LogP contribution in [0.2, 0.25) is 0 Å². The van der Waals surface area contributed by atoms with Gasteiger partial charge >= 0.3 is 6.03 Å². The normalized spacial score (nSPS) is 18.0. The molecule has 1 atom stereocenters. The van der Waals surface area contributed by atoms with Gasteiger partial charge in [0.05, 0.1) is 17.6 Å². The molecule has 3 rings (SSSR count). The molecule has 126 valence electrons. The number of nitrogens with one attached hydrogen (secondary N) is 3. The lowest BCUT2D eigenvalue weighted by atomic mass is 10.1. The topological polar surface area (TPSA) is 105 Å². The number of rotatable bonds is 4. The number of amides is 4. The second-order valence-corrected chi connectivity index (χ2v) is 5.59. The quantitative estimate of drug-likeness (QED) is 0.766. The molecule has 0 radical (unpaired) electrons. The van der Waals surface area contributed by atoms with Crippen molar-refractivity contribution in [2.75, 3.05) is 0 Å². The van der Waals surface area contributed by atoms with Crippen molar-refractivity contribution in [3.05, 3.63) is 30.1 Å². The first-order valence-corrected chi connectivity index (χ1v) is 7.90. The Morgan fingerprint density at radius 3 is 2.96 bits per heavy atom. The average Bonchev–Trinajstić information content (AvgIpc) is 2.83. The lowest BCUT2D eigenvalue weighted by molar-refractivity contribution is -0.123. The molecule has 0 bridgehead atoms. The van der Waals surface area contributed by atoms with Crippen LogP contribution in [0.5, 0.6) is 0 Å². The van der Waals surface area contributed by atoms with Crippen molar-refractivity contribution in [2.45, 2.75) is 38.9 Å². The van der Waals surface area contributed by atoms with Crippen LogP contribution in [0, 0.1) is 0 Å². The Morgan fingerprint density at radius 2 is 2.17 bits per heavy atom. The van der Waals surface area contributed by atoms with Crippen LogP contribution in [0.25, 0.3) is 11.0 Å². The highest BCUT2D eigenvalue weighted by Crippen LogP contribution is 2.15. The fourth-order valence-corrected chi connectivity index (χ4v) is 2.83. The lowest BCUT2D eigenvalue weighted by Crippen LogP contribution is -2.48. The molecular formula is C16H19N5O3. The summed E-state index contributed by atoms with van der Waals surface area (Å²) in [5.74, 6) is 0.0475. The molecular weight excluding hydrogens is 310 g/mol. The Kier molecular flexibility index (Phi) is 4.45. The van der Waals surface area contributed by atoms with E-state index in [9.17, 15) is 14.4 Å². The van der Waals surface area contributed by atoms with Crippen LogP contribution in [0.4, 0.5) is 4.79 Å². The molecule has 0 saturated carbocycles. The Hall–Kier alpha value is -2.90. The van der Waals surface area contributed by atoms with E-state index in [0.717, 1.165) is 23.4 Å². The van der Waals surface area contributed by atoms with Gasteiger partial charge in [-0.25, -0.2) is 9.78 Å². The van der Waals surface area contributed by atoms with E-state index in [4.69, 9.17) is 0 Å². The van der Waals surface area contributed by atoms with Gasteiger partial charge < -0.3 is 15.2 Å². The number of nitrogens with zero attached hydrogens (tertiary/aromatic N) is 2.